The van der Waals surface area contributed by atoms with Crippen molar-refractivity contribution in [3.8, 4) is 0 Å². The molecule has 0 saturated carbocycles. The number of hydrogen-bond acceptors (Lipinski definition) is 5. The van der Waals surface area contributed by atoms with Crippen LogP contribution >= 0.6 is 11.3 Å². The van der Waals surface area contributed by atoms with Crippen molar-refractivity contribution in [2.24, 2.45) is 11.7 Å². The van der Waals surface area contributed by atoms with E-state index in [2.05, 4.69) is 29.5 Å². The van der Waals surface area contributed by atoms with Crippen LogP contribution in [0.3, 0.4) is 0 Å². The Morgan fingerprint density at radius 3 is 2.67 bits per heavy atom. The van der Waals surface area contributed by atoms with Crippen LogP contribution < -0.4 is 16.4 Å². The van der Waals surface area contributed by atoms with Crippen molar-refractivity contribution < 1.29 is 9.59 Å². The van der Waals surface area contributed by atoms with Gasteiger partial charge < -0.3 is 16.4 Å². The molecule has 0 aliphatic heterocycles. The number of thiazole rings is 1. The van der Waals surface area contributed by atoms with E-state index in [0.717, 1.165) is 16.6 Å². The predicted molar refractivity (Wildman–Crippen MR) is 109 cm³/mol. The number of nitrogens with one attached hydrogen (secondary N) is 3. The lowest BCUT2D eigenvalue weighted by Gasteiger charge is -2.17. The van der Waals surface area contributed by atoms with Crippen molar-refractivity contribution in [1.29, 1.82) is 5.41 Å². The van der Waals surface area contributed by atoms with Gasteiger partial charge in [-0.25, -0.2) is 4.98 Å². The lowest BCUT2D eigenvalue weighted by atomic mass is 10.0. The number of hydrogen-bond donors (Lipinski definition) is 4. The fraction of sp³-hybridized carbons (Fsp3) is 0.474. The number of benzene rings is 1. The van der Waals surface area contributed by atoms with Gasteiger partial charge in [0.15, 0.2) is 11.0 Å². The number of Topliss-reactive ketones (excluding diaryl/α,β-unsaturated/α-hetero) is 1. The monoisotopic (exact) mass is 389 g/mol. The summed E-state index contributed by atoms with van der Waals surface area (Å²) < 4.78 is 0.948. The molecule has 0 aliphatic rings. The van der Waals surface area contributed by atoms with E-state index >= 15 is 0 Å². The Morgan fingerprint density at radius 1 is 1.26 bits per heavy atom. The lowest BCUT2D eigenvalue weighted by Crippen LogP contribution is -2.41. The van der Waals surface area contributed by atoms with Gasteiger partial charge in [0.05, 0.1) is 16.3 Å². The molecule has 0 saturated heterocycles. The van der Waals surface area contributed by atoms with Gasteiger partial charge >= 0.3 is 0 Å². The van der Waals surface area contributed by atoms with Crippen molar-refractivity contribution >= 4 is 39.2 Å². The Morgan fingerprint density at radius 2 is 2.00 bits per heavy atom. The van der Waals surface area contributed by atoms with E-state index in [0.29, 0.717) is 36.7 Å². The zero-order chi connectivity index (χ0) is 19.8. The molecule has 1 atom stereocenters. The Hall–Kier alpha value is -2.48. The fourth-order valence-corrected chi connectivity index (χ4v) is 3.57. The van der Waals surface area contributed by atoms with Crippen LogP contribution in [0.4, 0.5) is 0 Å². The molecule has 27 heavy (non-hydrogen) atoms. The predicted octanol–water partition coefficient (Wildman–Crippen LogP) is 2.66. The van der Waals surface area contributed by atoms with Crippen molar-refractivity contribution in [1.82, 2.24) is 15.6 Å². The van der Waals surface area contributed by atoms with E-state index in [4.69, 9.17) is 11.1 Å². The summed E-state index contributed by atoms with van der Waals surface area (Å²) >= 11 is 1.34. The highest BCUT2D eigenvalue weighted by molar-refractivity contribution is 7.20. The van der Waals surface area contributed by atoms with Gasteiger partial charge in [0, 0.05) is 13.0 Å². The molecule has 7 nitrogen and oxygen atoms in total. The summed E-state index contributed by atoms with van der Waals surface area (Å²) in [4.78, 5) is 29.6. The number of guanidine groups is 1. The molecule has 8 heteroatoms. The molecule has 0 spiro atoms. The molecule has 2 rings (SSSR count). The summed E-state index contributed by atoms with van der Waals surface area (Å²) in [6.45, 7) is 4.59. The van der Waals surface area contributed by atoms with E-state index in [1.165, 1.54) is 11.3 Å². The number of fused-ring (bicyclic) bond motifs is 1. The first-order valence-electron chi connectivity index (χ1n) is 9.14. The van der Waals surface area contributed by atoms with Crippen molar-refractivity contribution in [3.05, 3.63) is 29.3 Å². The van der Waals surface area contributed by atoms with Crippen molar-refractivity contribution in [2.45, 2.75) is 45.6 Å². The highest BCUT2D eigenvalue weighted by Gasteiger charge is 2.24. The third kappa shape index (κ3) is 6.63. The number of carbonyl (C=O) groups excluding carboxylic acids is 2. The summed E-state index contributed by atoms with van der Waals surface area (Å²) in [6, 6.07) is 6.97. The third-order valence-corrected chi connectivity index (χ3v) is 5.14. The molecule has 1 amide bonds. The van der Waals surface area contributed by atoms with E-state index in [-0.39, 0.29) is 17.6 Å². The summed E-state index contributed by atoms with van der Waals surface area (Å²) in [6.07, 6.45) is 2.24. The second kappa shape index (κ2) is 10.0. The topological polar surface area (TPSA) is 121 Å². The van der Waals surface area contributed by atoms with Gasteiger partial charge in [-0.3, -0.25) is 15.0 Å². The minimum atomic E-state index is -0.626. The van der Waals surface area contributed by atoms with Crippen LogP contribution in [0.25, 0.3) is 10.2 Å². The first-order chi connectivity index (χ1) is 12.9. The Bertz CT molecular complexity index is 769. The molecular formula is C19H27N5O2S. The van der Waals surface area contributed by atoms with Gasteiger partial charge in [0.25, 0.3) is 0 Å². The highest BCUT2D eigenvalue weighted by Crippen LogP contribution is 2.23. The zero-order valence-electron chi connectivity index (χ0n) is 15.7. The highest BCUT2D eigenvalue weighted by atomic mass is 32.1. The molecular weight excluding hydrogens is 362 g/mol. The number of carbonyl (C=O) groups is 2. The minimum Gasteiger partial charge on any atom is -0.370 e. The molecule has 1 aromatic carbocycles. The first-order valence-corrected chi connectivity index (χ1v) is 9.95. The summed E-state index contributed by atoms with van der Waals surface area (Å²) in [5.74, 6) is 0.0264. The Labute approximate surface area is 163 Å². The number of rotatable bonds is 10. The van der Waals surface area contributed by atoms with Crippen LogP contribution in [0.2, 0.25) is 0 Å². The number of aromatic nitrogens is 1. The molecule has 5 N–H and O–H groups in total. The smallest absolute Gasteiger partial charge is 0.220 e. The molecule has 0 radical (unpaired) electrons. The minimum absolute atomic E-state index is 0.106. The largest absolute Gasteiger partial charge is 0.370 e. The second-order valence-electron chi connectivity index (χ2n) is 6.89. The maximum atomic E-state index is 13.0. The van der Waals surface area contributed by atoms with Gasteiger partial charge in [-0.1, -0.05) is 26.0 Å². The lowest BCUT2D eigenvalue weighted by molar-refractivity contribution is -0.121. The third-order valence-electron chi connectivity index (χ3n) is 4.09. The number of amides is 1. The van der Waals surface area contributed by atoms with Crippen molar-refractivity contribution in [2.75, 3.05) is 6.54 Å². The van der Waals surface area contributed by atoms with Gasteiger partial charge in [0.2, 0.25) is 11.7 Å². The molecule has 0 bridgehead atoms. The van der Waals surface area contributed by atoms with Crippen molar-refractivity contribution in [3.63, 3.8) is 0 Å². The molecule has 0 aliphatic carbocycles. The quantitative estimate of drug-likeness (QED) is 0.215. The normalized spacial score (nSPS) is 12.1. The fourth-order valence-electron chi connectivity index (χ4n) is 2.61. The molecule has 146 valence electrons. The summed E-state index contributed by atoms with van der Waals surface area (Å²) in [7, 11) is 0. The number of nitrogens with two attached hydrogens (primary N) is 1. The van der Waals surface area contributed by atoms with E-state index in [1.54, 1.807) is 0 Å². The molecule has 1 heterocycles. The Balaban J connectivity index is 2.07. The van der Waals surface area contributed by atoms with Gasteiger partial charge in [-0.05, 0) is 37.3 Å². The number of ketones is 1. The van der Waals surface area contributed by atoms with Crippen LogP contribution in [0, 0.1) is 11.3 Å². The van der Waals surface area contributed by atoms with Gasteiger partial charge in [0.1, 0.15) is 0 Å². The van der Waals surface area contributed by atoms with Gasteiger partial charge in [-0.15, -0.1) is 11.3 Å². The van der Waals surface area contributed by atoms with E-state index in [1.807, 2.05) is 24.3 Å². The first kappa shape index (κ1) is 20.8. The van der Waals surface area contributed by atoms with Crippen LogP contribution in [0.5, 0.6) is 0 Å². The molecule has 0 fully saturated rings. The van der Waals surface area contributed by atoms with Gasteiger partial charge in [-0.2, -0.15) is 0 Å². The maximum Gasteiger partial charge on any atom is 0.220 e. The SMILES string of the molecule is CC(C)CCC(=O)NC(CCCNC(=N)N)C(=O)c1nc2ccccc2s1. The van der Waals surface area contributed by atoms with Crippen LogP contribution in [-0.4, -0.2) is 35.2 Å². The Kier molecular flexibility index (Phi) is 7.72. The average molecular weight is 390 g/mol. The van der Waals surface area contributed by atoms with E-state index < -0.39 is 6.04 Å². The van der Waals surface area contributed by atoms with Crippen LogP contribution in [0.1, 0.15) is 49.3 Å². The molecule has 2 aromatic rings. The zero-order valence-corrected chi connectivity index (χ0v) is 16.6. The van der Waals surface area contributed by atoms with E-state index in [9.17, 15) is 9.59 Å². The summed E-state index contributed by atoms with van der Waals surface area (Å²) in [5, 5.41) is 13.2. The standard InChI is InChI=1S/C19H27N5O2S/c1-12(2)9-10-16(25)23-14(7-5-11-22-19(20)21)17(26)18-24-13-6-3-4-8-15(13)27-18/h3-4,6,8,12,14H,5,7,9-11H2,1-2H3,(H,23,25)(H4,20,21,22). The number of nitrogens with zero attached hydrogens (tertiary/aromatic N) is 1. The summed E-state index contributed by atoms with van der Waals surface area (Å²) in [5.41, 5.74) is 6.07. The van der Waals surface area contributed by atoms with Crippen LogP contribution in [0.15, 0.2) is 24.3 Å². The van der Waals surface area contributed by atoms with Crippen LogP contribution in [-0.2, 0) is 4.79 Å². The number of para-hydroxylation sites is 1. The average Bonchev–Trinajstić information content (AvgIpc) is 3.05. The molecule has 1 aromatic heterocycles. The second-order valence-corrected chi connectivity index (χ2v) is 7.92. The maximum absolute atomic E-state index is 13.0. The molecule has 1 unspecified atom stereocenters.